The molecule has 36 heavy (non-hydrogen) atoms. The van der Waals surface area contributed by atoms with Gasteiger partial charge >= 0.3 is 12.1 Å². The molecule has 0 bridgehead atoms. The van der Waals surface area contributed by atoms with Crippen molar-refractivity contribution in [3.05, 3.63) is 48.5 Å². The van der Waals surface area contributed by atoms with Gasteiger partial charge in [-0.1, -0.05) is 5.16 Å². The number of hydrazine groups is 1. The normalized spacial score (nSPS) is 18.3. The zero-order valence-electron chi connectivity index (χ0n) is 19.1. The number of hydrogen-bond acceptors (Lipinski definition) is 10. The number of carbonyl (C=O) groups is 2. The van der Waals surface area contributed by atoms with Crippen LogP contribution in [-0.2, 0) is 4.74 Å². The number of anilines is 3. The zero-order valence-corrected chi connectivity index (χ0v) is 19.1. The van der Waals surface area contributed by atoms with Crippen molar-refractivity contribution in [2.75, 3.05) is 54.5 Å². The summed E-state index contributed by atoms with van der Waals surface area (Å²) in [5.74, 6) is -1.50. The minimum Gasteiger partial charge on any atom is -0.442 e. The van der Waals surface area contributed by atoms with Gasteiger partial charge in [0.05, 0.1) is 25.3 Å². The second-order valence-corrected chi connectivity index (χ2v) is 7.84. The Kier molecular flexibility index (Phi) is 7.48. The molecule has 13 nitrogen and oxygen atoms in total. The summed E-state index contributed by atoms with van der Waals surface area (Å²) in [6.07, 6.45) is 2.67. The van der Waals surface area contributed by atoms with Crippen molar-refractivity contribution in [3.8, 4) is 0 Å². The van der Waals surface area contributed by atoms with Crippen LogP contribution >= 0.6 is 0 Å². The van der Waals surface area contributed by atoms with Gasteiger partial charge in [-0.2, -0.15) is 5.10 Å². The highest BCUT2D eigenvalue weighted by Gasteiger charge is 2.34. The predicted octanol–water partition coefficient (Wildman–Crippen LogP) is 1.48. The standard InChI is InChI=1S/C21H25F2N9O4/c1-25-30(5-3-24)12-15-13-31(21(34)36-15)14-10-16(22)19(17(23)11-14)32-8-7-29(6-4-26-32)20(33)27-18-2-9-35-28-18/h2-3,5,9-11,15,26H,1,4,6-8,12-13,24H2,(H,27,28,33)/b5-3-/t15-/m0/s1. The first-order valence-corrected chi connectivity index (χ1v) is 11.0. The number of nitrogens with one attached hydrogen (secondary N) is 2. The van der Waals surface area contributed by atoms with E-state index in [0.717, 1.165) is 17.0 Å². The molecule has 1 aromatic carbocycles. The van der Waals surface area contributed by atoms with Crippen LogP contribution in [0.4, 0.5) is 35.6 Å². The Morgan fingerprint density at radius 1 is 1.36 bits per heavy atom. The summed E-state index contributed by atoms with van der Waals surface area (Å²) in [6.45, 7) is 4.45. The summed E-state index contributed by atoms with van der Waals surface area (Å²) in [5, 5.41) is 12.6. The Morgan fingerprint density at radius 2 is 2.14 bits per heavy atom. The van der Waals surface area contributed by atoms with Crippen molar-refractivity contribution in [1.29, 1.82) is 0 Å². The van der Waals surface area contributed by atoms with Crippen molar-refractivity contribution in [2.24, 2.45) is 10.8 Å². The van der Waals surface area contributed by atoms with Crippen LogP contribution in [0.5, 0.6) is 0 Å². The molecule has 3 amide bonds. The number of benzene rings is 1. The number of hydrazone groups is 1. The van der Waals surface area contributed by atoms with Crippen LogP contribution < -0.4 is 26.4 Å². The summed E-state index contributed by atoms with van der Waals surface area (Å²) in [6, 6.07) is 3.20. The number of amides is 3. The fourth-order valence-electron chi connectivity index (χ4n) is 3.86. The predicted molar refractivity (Wildman–Crippen MR) is 126 cm³/mol. The van der Waals surface area contributed by atoms with E-state index < -0.39 is 29.9 Å². The van der Waals surface area contributed by atoms with E-state index in [0.29, 0.717) is 6.54 Å². The number of hydrogen-bond donors (Lipinski definition) is 3. The van der Waals surface area contributed by atoms with Crippen LogP contribution in [0.3, 0.4) is 0 Å². The lowest BCUT2D eigenvalue weighted by atomic mass is 10.2. The Morgan fingerprint density at radius 3 is 2.81 bits per heavy atom. The van der Waals surface area contributed by atoms with Crippen molar-refractivity contribution >= 4 is 36.0 Å². The Hall–Kier alpha value is -4.40. The molecule has 0 spiro atoms. The molecule has 15 heteroatoms. The van der Waals surface area contributed by atoms with Gasteiger partial charge in [0.15, 0.2) is 17.5 Å². The van der Waals surface area contributed by atoms with E-state index in [4.69, 9.17) is 10.5 Å². The molecule has 3 heterocycles. The lowest BCUT2D eigenvalue weighted by Crippen LogP contribution is -2.40. The van der Waals surface area contributed by atoms with Crippen molar-refractivity contribution in [1.82, 2.24) is 20.5 Å². The Balaban J connectivity index is 1.42. The highest BCUT2D eigenvalue weighted by Crippen LogP contribution is 2.31. The third-order valence-corrected chi connectivity index (χ3v) is 5.53. The molecule has 1 aromatic heterocycles. The molecule has 0 aliphatic carbocycles. The Bertz CT molecular complexity index is 1110. The smallest absolute Gasteiger partial charge is 0.414 e. The minimum absolute atomic E-state index is 0.0113. The molecular formula is C21H25F2N9O4. The van der Waals surface area contributed by atoms with E-state index in [1.54, 1.807) is 0 Å². The molecule has 2 aliphatic rings. The fraction of sp³-hybridized carbons (Fsp3) is 0.333. The number of ether oxygens (including phenoxy) is 1. The van der Waals surface area contributed by atoms with E-state index >= 15 is 8.78 Å². The number of halogens is 2. The topological polar surface area (TPSA) is 145 Å². The summed E-state index contributed by atoms with van der Waals surface area (Å²) in [5.41, 5.74) is 7.95. The van der Waals surface area contributed by atoms with E-state index in [1.807, 2.05) is 0 Å². The van der Waals surface area contributed by atoms with E-state index in [1.165, 1.54) is 39.6 Å². The fourth-order valence-corrected chi connectivity index (χ4v) is 3.86. The summed E-state index contributed by atoms with van der Waals surface area (Å²) < 4.78 is 40.2. The van der Waals surface area contributed by atoms with Crippen molar-refractivity contribution in [3.63, 3.8) is 0 Å². The van der Waals surface area contributed by atoms with Gasteiger partial charge in [-0.15, -0.1) is 0 Å². The minimum atomic E-state index is -0.880. The average Bonchev–Trinajstić information content (AvgIpc) is 3.41. The molecule has 2 aromatic rings. The summed E-state index contributed by atoms with van der Waals surface area (Å²) in [7, 11) is 0. The number of nitrogens with two attached hydrogens (primary N) is 1. The largest absolute Gasteiger partial charge is 0.442 e. The maximum Gasteiger partial charge on any atom is 0.414 e. The number of nitrogens with zero attached hydrogens (tertiary/aromatic N) is 6. The first-order valence-electron chi connectivity index (χ1n) is 11.0. The SMILES string of the molecule is C=NN(/C=C\N)C[C@H]1CN(c2cc(F)c(N3CCN(C(=O)Nc4ccon4)CCN3)c(F)c2)C(=O)O1. The van der Waals surface area contributed by atoms with Gasteiger partial charge in [0, 0.05) is 57.0 Å². The molecule has 0 saturated carbocycles. The second-order valence-electron chi connectivity index (χ2n) is 7.84. The number of rotatable bonds is 7. The van der Waals surface area contributed by atoms with Crippen LogP contribution in [0.15, 0.2) is 46.5 Å². The molecule has 1 atom stereocenters. The molecule has 0 radical (unpaired) electrons. The maximum absolute atomic E-state index is 15.1. The monoisotopic (exact) mass is 505 g/mol. The zero-order chi connectivity index (χ0) is 25.7. The maximum atomic E-state index is 15.1. The van der Waals surface area contributed by atoms with Crippen LogP contribution in [0.1, 0.15) is 0 Å². The summed E-state index contributed by atoms with van der Waals surface area (Å²) >= 11 is 0. The van der Waals surface area contributed by atoms with E-state index in [2.05, 4.69) is 32.2 Å². The van der Waals surface area contributed by atoms with Crippen molar-refractivity contribution < 1.29 is 27.6 Å². The molecule has 2 saturated heterocycles. The van der Waals surface area contributed by atoms with Crippen LogP contribution in [0.2, 0.25) is 0 Å². The van der Waals surface area contributed by atoms with Gasteiger partial charge < -0.3 is 24.9 Å². The van der Waals surface area contributed by atoms with Crippen LogP contribution in [-0.4, -0.2) is 79.3 Å². The van der Waals surface area contributed by atoms with Gasteiger partial charge in [-0.3, -0.25) is 15.2 Å². The van der Waals surface area contributed by atoms with Gasteiger partial charge in [-0.25, -0.2) is 23.8 Å². The first kappa shape index (κ1) is 24.7. The number of urea groups is 1. The quantitative estimate of drug-likeness (QED) is 0.376. The van der Waals surface area contributed by atoms with Crippen LogP contribution in [0.25, 0.3) is 0 Å². The molecule has 2 fully saturated rings. The summed E-state index contributed by atoms with van der Waals surface area (Å²) in [4.78, 5) is 27.4. The molecular weight excluding hydrogens is 480 g/mol. The van der Waals surface area contributed by atoms with Gasteiger partial charge in [0.2, 0.25) is 0 Å². The van der Waals surface area contributed by atoms with Crippen molar-refractivity contribution in [2.45, 2.75) is 6.10 Å². The number of carbonyl (C=O) groups excluding carboxylic acids is 2. The number of cyclic esters (lactones) is 1. The Labute approximate surface area is 204 Å². The third kappa shape index (κ3) is 5.46. The number of aromatic nitrogens is 1. The van der Waals surface area contributed by atoms with E-state index in [-0.39, 0.29) is 49.9 Å². The highest BCUT2D eigenvalue weighted by atomic mass is 19.1. The highest BCUT2D eigenvalue weighted by molar-refractivity contribution is 5.90. The molecule has 0 unspecified atom stereocenters. The van der Waals surface area contributed by atoms with Gasteiger partial charge in [0.1, 0.15) is 18.1 Å². The van der Waals surface area contributed by atoms with Gasteiger partial charge in [-0.05, 0) is 0 Å². The molecule has 192 valence electrons. The van der Waals surface area contributed by atoms with Gasteiger partial charge in [0.25, 0.3) is 0 Å². The lowest BCUT2D eigenvalue weighted by molar-refractivity contribution is 0.123. The van der Waals surface area contributed by atoms with Crippen LogP contribution in [0, 0.1) is 11.6 Å². The molecule has 4 N–H and O–H groups in total. The first-order chi connectivity index (χ1) is 17.4. The molecule has 2 aliphatic heterocycles. The second kappa shape index (κ2) is 10.9. The van der Waals surface area contributed by atoms with E-state index in [9.17, 15) is 9.59 Å². The average molecular weight is 505 g/mol. The lowest BCUT2D eigenvalue weighted by Gasteiger charge is -2.25. The third-order valence-electron chi connectivity index (χ3n) is 5.53. The molecule has 4 rings (SSSR count).